The van der Waals surface area contributed by atoms with E-state index in [0.29, 0.717) is 6.54 Å². The van der Waals surface area contributed by atoms with Gasteiger partial charge in [0.25, 0.3) is 10.2 Å². The summed E-state index contributed by atoms with van der Waals surface area (Å²) >= 11 is 0. The summed E-state index contributed by atoms with van der Waals surface area (Å²) in [6.45, 7) is 2.62. The van der Waals surface area contributed by atoms with Gasteiger partial charge in [-0.1, -0.05) is 0 Å². The second kappa shape index (κ2) is 3.32. The Hall–Kier alpha value is -0.130. The van der Waals surface area contributed by atoms with Gasteiger partial charge in [0.1, 0.15) is 0 Å². The lowest BCUT2D eigenvalue weighted by Crippen LogP contribution is -2.41. The molecule has 1 aliphatic rings. The lowest BCUT2D eigenvalue weighted by Gasteiger charge is -2.24. The fourth-order valence-electron chi connectivity index (χ4n) is 1.46. The lowest BCUT2D eigenvalue weighted by atomic mass is 10.3. The number of rotatable bonds is 2. The van der Waals surface area contributed by atoms with Crippen LogP contribution in [0.3, 0.4) is 0 Å². The molecule has 0 aromatic rings. The quantitative estimate of drug-likeness (QED) is 0.630. The molecule has 4 nitrogen and oxygen atoms in total. The fraction of sp³-hybridized carbons (Fsp3) is 1.00. The molecule has 0 aliphatic carbocycles. The second-order valence-corrected chi connectivity index (χ2v) is 5.49. The topological polar surface area (TPSA) is 40.6 Å². The van der Waals surface area contributed by atoms with Crippen LogP contribution in [-0.2, 0) is 10.2 Å². The Balaban J connectivity index is 2.82. The maximum absolute atomic E-state index is 11.6. The molecule has 72 valence electrons. The van der Waals surface area contributed by atoms with Gasteiger partial charge in [0.15, 0.2) is 0 Å². The molecule has 1 fully saturated rings. The van der Waals surface area contributed by atoms with Crippen molar-refractivity contribution in [3.05, 3.63) is 0 Å². The van der Waals surface area contributed by atoms with E-state index in [4.69, 9.17) is 0 Å². The predicted molar refractivity (Wildman–Crippen MR) is 48.0 cm³/mol. The Kier molecular flexibility index (Phi) is 2.75. The van der Waals surface area contributed by atoms with E-state index < -0.39 is 10.2 Å². The molecule has 12 heavy (non-hydrogen) atoms. The van der Waals surface area contributed by atoms with Crippen molar-refractivity contribution in [3.8, 4) is 0 Å². The number of hydrogen-bond donors (Lipinski definition) is 0. The van der Waals surface area contributed by atoms with Crippen LogP contribution in [-0.4, -0.2) is 43.7 Å². The largest absolute Gasteiger partial charge is 0.281 e. The molecule has 0 radical (unpaired) electrons. The molecule has 0 N–H and O–H groups in total. The average molecular weight is 192 g/mol. The highest BCUT2D eigenvalue weighted by Gasteiger charge is 2.32. The molecule has 0 amide bonds. The molecule has 1 unspecified atom stereocenters. The lowest BCUT2D eigenvalue weighted by molar-refractivity contribution is 0.372. The molecular weight excluding hydrogens is 176 g/mol. The van der Waals surface area contributed by atoms with Crippen LogP contribution in [0, 0.1) is 0 Å². The first-order valence-corrected chi connectivity index (χ1v) is 5.55. The Labute approximate surface area is 74.3 Å². The van der Waals surface area contributed by atoms with Gasteiger partial charge in [-0.05, 0) is 19.8 Å². The smallest absolute Gasteiger partial charge is 0.195 e. The van der Waals surface area contributed by atoms with E-state index in [0.717, 1.165) is 12.8 Å². The summed E-state index contributed by atoms with van der Waals surface area (Å²) in [4.78, 5) is 0. The molecule has 1 saturated heterocycles. The molecule has 1 atom stereocenters. The zero-order chi connectivity index (χ0) is 9.35. The molecule has 0 spiro atoms. The molecule has 0 saturated carbocycles. The van der Waals surface area contributed by atoms with Gasteiger partial charge in [0.2, 0.25) is 0 Å². The summed E-state index contributed by atoms with van der Waals surface area (Å²) in [5.41, 5.74) is 0. The zero-order valence-electron chi connectivity index (χ0n) is 7.82. The Morgan fingerprint density at radius 2 is 2.00 bits per heavy atom. The van der Waals surface area contributed by atoms with Gasteiger partial charge in [0, 0.05) is 26.7 Å². The summed E-state index contributed by atoms with van der Waals surface area (Å²) in [5, 5.41) is 0. The van der Waals surface area contributed by atoms with Gasteiger partial charge in [-0.2, -0.15) is 17.0 Å². The molecule has 0 aromatic carbocycles. The monoisotopic (exact) mass is 192 g/mol. The van der Waals surface area contributed by atoms with Crippen LogP contribution in [0.25, 0.3) is 0 Å². The van der Waals surface area contributed by atoms with Crippen molar-refractivity contribution < 1.29 is 8.42 Å². The normalized spacial score (nSPS) is 26.8. The standard InChI is InChI=1S/C7H16N2O2S/c1-7-5-4-6-9(7)12(10,11)8(2)3/h7H,4-6H2,1-3H3. The minimum absolute atomic E-state index is 0.164. The van der Waals surface area contributed by atoms with E-state index in [1.165, 1.54) is 4.31 Å². The van der Waals surface area contributed by atoms with E-state index in [-0.39, 0.29) is 6.04 Å². The van der Waals surface area contributed by atoms with E-state index >= 15 is 0 Å². The van der Waals surface area contributed by atoms with Gasteiger partial charge in [0.05, 0.1) is 0 Å². The zero-order valence-corrected chi connectivity index (χ0v) is 8.63. The van der Waals surface area contributed by atoms with Crippen LogP contribution in [0.5, 0.6) is 0 Å². The van der Waals surface area contributed by atoms with E-state index in [1.54, 1.807) is 18.4 Å². The fourth-order valence-corrected chi connectivity index (χ4v) is 2.80. The molecule has 0 aromatic heterocycles. The summed E-state index contributed by atoms with van der Waals surface area (Å²) < 4.78 is 26.0. The van der Waals surface area contributed by atoms with Crippen molar-refractivity contribution in [1.82, 2.24) is 8.61 Å². The maximum Gasteiger partial charge on any atom is 0.281 e. The van der Waals surface area contributed by atoms with Crippen LogP contribution in [0.4, 0.5) is 0 Å². The summed E-state index contributed by atoms with van der Waals surface area (Å²) in [6, 6.07) is 0.164. The Morgan fingerprint density at radius 1 is 1.42 bits per heavy atom. The average Bonchev–Trinajstić information content (AvgIpc) is 2.35. The van der Waals surface area contributed by atoms with Gasteiger partial charge in [-0.15, -0.1) is 0 Å². The second-order valence-electron chi connectivity index (χ2n) is 3.39. The third-order valence-electron chi connectivity index (χ3n) is 2.25. The van der Waals surface area contributed by atoms with E-state index in [2.05, 4.69) is 0 Å². The van der Waals surface area contributed by atoms with Gasteiger partial charge in [-0.25, -0.2) is 0 Å². The third-order valence-corrected chi connectivity index (χ3v) is 4.31. The molecule has 1 heterocycles. The van der Waals surface area contributed by atoms with Crippen LogP contribution >= 0.6 is 0 Å². The first-order valence-electron chi connectivity index (χ1n) is 4.15. The van der Waals surface area contributed by atoms with Gasteiger partial charge in [-0.3, -0.25) is 0 Å². The van der Waals surface area contributed by atoms with Crippen molar-refractivity contribution in [2.75, 3.05) is 20.6 Å². The first-order chi connectivity index (χ1) is 5.46. The number of nitrogens with zero attached hydrogens (tertiary/aromatic N) is 2. The molecule has 0 bridgehead atoms. The molecule has 1 rings (SSSR count). The van der Waals surface area contributed by atoms with Gasteiger partial charge >= 0.3 is 0 Å². The summed E-state index contributed by atoms with van der Waals surface area (Å²) in [5.74, 6) is 0. The van der Waals surface area contributed by atoms with Crippen LogP contribution in [0.1, 0.15) is 19.8 Å². The third kappa shape index (κ3) is 1.62. The van der Waals surface area contributed by atoms with Gasteiger partial charge < -0.3 is 0 Å². The van der Waals surface area contributed by atoms with E-state index in [9.17, 15) is 8.42 Å². The minimum Gasteiger partial charge on any atom is -0.195 e. The summed E-state index contributed by atoms with van der Waals surface area (Å²) in [7, 11) is -0.0195. The van der Waals surface area contributed by atoms with Crippen LogP contribution < -0.4 is 0 Å². The number of hydrogen-bond acceptors (Lipinski definition) is 2. The van der Waals surface area contributed by atoms with Crippen molar-refractivity contribution in [3.63, 3.8) is 0 Å². The Morgan fingerprint density at radius 3 is 2.33 bits per heavy atom. The molecule has 1 aliphatic heterocycles. The van der Waals surface area contributed by atoms with Crippen LogP contribution in [0.15, 0.2) is 0 Å². The minimum atomic E-state index is -3.16. The highest BCUT2D eigenvalue weighted by Crippen LogP contribution is 2.21. The highest BCUT2D eigenvalue weighted by molar-refractivity contribution is 7.86. The SMILES string of the molecule is CC1CCCN1S(=O)(=O)N(C)C. The molecule has 5 heteroatoms. The van der Waals surface area contributed by atoms with Crippen molar-refractivity contribution in [2.45, 2.75) is 25.8 Å². The maximum atomic E-state index is 11.6. The van der Waals surface area contributed by atoms with E-state index in [1.807, 2.05) is 6.92 Å². The Bertz CT molecular complexity index is 248. The highest BCUT2D eigenvalue weighted by atomic mass is 32.2. The molecular formula is C7H16N2O2S. The van der Waals surface area contributed by atoms with Crippen molar-refractivity contribution in [1.29, 1.82) is 0 Å². The summed E-state index contributed by atoms with van der Waals surface area (Å²) in [6.07, 6.45) is 1.96. The first kappa shape index (κ1) is 9.95. The van der Waals surface area contributed by atoms with Crippen LogP contribution in [0.2, 0.25) is 0 Å². The predicted octanol–water partition coefficient (Wildman–Crippen LogP) is 0.277. The van der Waals surface area contributed by atoms with Crippen molar-refractivity contribution in [2.24, 2.45) is 0 Å². The van der Waals surface area contributed by atoms with Crippen molar-refractivity contribution >= 4 is 10.2 Å².